The fourth-order valence-electron chi connectivity index (χ4n) is 2.12. The number of aromatic nitrogens is 1. The van der Waals surface area contributed by atoms with Crippen LogP contribution in [-0.4, -0.2) is 37.9 Å². The van der Waals surface area contributed by atoms with E-state index in [9.17, 15) is 8.42 Å². The molecule has 1 rings (SSSR count). The molecule has 0 atom stereocenters. The van der Waals surface area contributed by atoms with Gasteiger partial charge in [-0.15, -0.1) is 0 Å². The first-order chi connectivity index (χ1) is 9.34. The van der Waals surface area contributed by atoms with Gasteiger partial charge >= 0.3 is 0 Å². The number of hydrogen-bond acceptors (Lipinski definition) is 3. The van der Waals surface area contributed by atoms with Gasteiger partial charge in [0, 0.05) is 38.1 Å². The Balaban J connectivity index is 3.09. The Hall–Kier alpha value is -0.850. The Bertz CT molecular complexity index is 521. The second-order valence-corrected chi connectivity index (χ2v) is 7.42. The Labute approximate surface area is 123 Å². The number of hydrogen-bond donors (Lipinski definition) is 1. The van der Waals surface area contributed by atoms with Crippen LogP contribution in [0.4, 0.5) is 0 Å². The second kappa shape index (κ2) is 7.24. The zero-order valence-corrected chi connectivity index (χ0v) is 14.0. The van der Waals surface area contributed by atoms with Crippen molar-refractivity contribution in [1.82, 2.24) is 14.2 Å². The number of unbranched alkanes of at least 4 members (excludes halogenated alkanes) is 1. The molecule has 0 aliphatic carbocycles. The lowest BCUT2D eigenvalue weighted by molar-refractivity contribution is 0.459. The normalized spacial score (nSPS) is 12.6. The summed E-state index contributed by atoms with van der Waals surface area (Å²) in [4.78, 5) is 0.384. The van der Waals surface area contributed by atoms with Crippen molar-refractivity contribution in [3.05, 3.63) is 18.0 Å². The molecule has 0 unspecified atom stereocenters. The lowest BCUT2D eigenvalue weighted by atomic mass is 10.3. The SMILES string of the molecule is CCCCN(C)S(=O)(=O)c1cc(CNC)n(C(C)C)c1. The zero-order chi connectivity index (χ0) is 15.3. The van der Waals surface area contributed by atoms with Crippen molar-refractivity contribution in [2.24, 2.45) is 0 Å². The highest BCUT2D eigenvalue weighted by Gasteiger charge is 2.23. The van der Waals surface area contributed by atoms with E-state index in [1.54, 1.807) is 19.3 Å². The summed E-state index contributed by atoms with van der Waals surface area (Å²) in [7, 11) is 0.129. The van der Waals surface area contributed by atoms with Crippen LogP contribution in [-0.2, 0) is 16.6 Å². The van der Waals surface area contributed by atoms with Crippen LogP contribution < -0.4 is 5.32 Å². The summed E-state index contributed by atoms with van der Waals surface area (Å²) in [6, 6.07) is 2.01. The molecule has 116 valence electrons. The van der Waals surface area contributed by atoms with Crippen molar-refractivity contribution in [3.8, 4) is 0 Å². The molecule has 0 aromatic carbocycles. The topological polar surface area (TPSA) is 54.3 Å². The van der Waals surface area contributed by atoms with Gasteiger partial charge in [-0.25, -0.2) is 12.7 Å². The smallest absolute Gasteiger partial charge is 0.244 e. The average molecular weight is 301 g/mol. The third-order valence-corrected chi connectivity index (χ3v) is 5.18. The van der Waals surface area contributed by atoms with Crippen molar-refractivity contribution < 1.29 is 8.42 Å². The maximum absolute atomic E-state index is 12.5. The highest BCUT2D eigenvalue weighted by atomic mass is 32.2. The minimum atomic E-state index is -3.38. The molecule has 1 aromatic rings. The third-order valence-electron chi connectivity index (χ3n) is 3.36. The molecule has 0 spiro atoms. The van der Waals surface area contributed by atoms with E-state index in [4.69, 9.17) is 0 Å². The van der Waals surface area contributed by atoms with Crippen molar-refractivity contribution in [2.45, 2.75) is 51.1 Å². The summed E-state index contributed by atoms with van der Waals surface area (Å²) in [6.07, 6.45) is 3.61. The van der Waals surface area contributed by atoms with E-state index in [1.807, 2.05) is 11.6 Å². The molecule has 1 N–H and O–H groups in total. The lowest BCUT2D eigenvalue weighted by Crippen LogP contribution is -2.27. The van der Waals surface area contributed by atoms with Gasteiger partial charge in [-0.2, -0.15) is 0 Å². The van der Waals surface area contributed by atoms with Gasteiger partial charge in [0.25, 0.3) is 0 Å². The molecule has 0 bridgehead atoms. The molecule has 0 aliphatic rings. The number of nitrogens with zero attached hydrogens (tertiary/aromatic N) is 2. The van der Waals surface area contributed by atoms with Gasteiger partial charge in [-0.05, 0) is 33.4 Å². The quantitative estimate of drug-likeness (QED) is 0.801. The van der Waals surface area contributed by atoms with Gasteiger partial charge in [-0.3, -0.25) is 0 Å². The molecule has 0 radical (unpaired) electrons. The van der Waals surface area contributed by atoms with E-state index in [1.165, 1.54) is 4.31 Å². The second-order valence-electron chi connectivity index (χ2n) is 5.38. The molecule has 5 nitrogen and oxygen atoms in total. The Morgan fingerprint density at radius 3 is 2.55 bits per heavy atom. The molecular formula is C14H27N3O2S. The minimum absolute atomic E-state index is 0.239. The van der Waals surface area contributed by atoms with Crippen LogP contribution in [0.2, 0.25) is 0 Å². The monoisotopic (exact) mass is 301 g/mol. The van der Waals surface area contributed by atoms with E-state index in [0.717, 1.165) is 18.5 Å². The maximum Gasteiger partial charge on any atom is 0.244 e. The first-order valence-corrected chi connectivity index (χ1v) is 8.60. The van der Waals surface area contributed by atoms with Crippen LogP contribution in [0.1, 0.15) is 45.3 Å². The van der Waals surface area contributed by atoms with Crippen LogP contribution in [0, 0.1) is 0 Å². The summed E-state index contributed by atoms with van der Waals surface area (Å²) >= 11 is 0. The van der Waals surface area contributed by atoms with Gasteiger partial charge in [0.05, 0.1) is 0 Å². The summed E-state index contributed by atoms with van der Waals surface area (Å²) in [5.74, 6) is 0. The van der Waals surface area contributed by atoms with E-state index < -0.39 is 10.0 Å². The van der Waals surface area contributed by atoms with E-state index >= 15 is 0 Å². The highest BCUT2D eigenvalue weighted by molar-refractivity contribution is 7.89. The Morgan fingerprint density at radius 2 is 2.05 bits per heavy atom. The van der Waals surface area contributed by atoms with Gasteiger partial charge in [-0.1, -0.05) is 13.3 Å². The van der Waals surface area contributed by atoms with Crippen LogP contribution in [0.25, 0.3) is 0 Å². The summed E-state index contributed by atoms with van der Waals surface area (Å²) in [6.45, 7) is 7.38. The van der Waals surface area contributed by atoms with E-state index in [2.05, 4.69) is 26.1 Å². The van der Waals surface area contributed by atoms with Crippen LogP contribution in [0.3, 0.4) is 0 Å². The molecule has 0 amide bonds. The summed E-state index contributed by atoms with van der Waals surface area (Å²) in [5, 5.41) is 3.08. The fourth-order valence-corrected chi connectivity index (χ4v) is 3.38. The molecule has 20 heavy (non-hydrogen) atoms. The largest absolute Gasteiger partial charge is 0.346 e. The fraction of sp³-hybridized carbons (Fsp3) is 0.714. The number of sulfonamides is 1. The summed E-state index contributed by atoms with van der Waals surface area (Å²) in [5.41, 5.74) is 0.991. The molecule has 1 heterocycles. The van der Waals surface area contributed by atoms with Crippen molar-refractivity contribution in [2.75, 3.05) is 20.6 Å². The lowest BCUT2D eigenvalue weighted by Gasteiger charge is -2.15. The van der Waals surface area contributed by atoms with Gasteiger partial charge < -0.3 is 9.88 Å². The Kier molecular flexibility index (Phi) is 6.23. The number of nitrogens with one attached hydrogen (secondary N) is 1. The third kappa shape index (κ3) is 3.84. The maximum atomic E-state index is 12.5. The molecule has 6 heteroatoms. The first kappa shape index (κ1) is 17.2. The van der Waals surface area contributed by atoms with E-state index in [-0.39, 0.29) is 6.04 Å². The van der Waals surface area contributed by atoms with Gasteiger partial charge in [0.15, 0.2) is 0 Å². The van der Waals surface area contributed by atoms with E-state index in [0.29, 0.717) is 18.0 Å². The van der Waals surface area contributed by atoms with Crippen LogP contribution in [0.5, 0.6) is 0 Å². The molecular weight excluding hydrogens is 274 g/mol. The van der Waals surface area contributed by atoms with Gasteiger partial charge in [0.2, 0.25) is 10.0 Å². The zero-order valence-electron chi connectivity index (χ0n) is 13.2. The predicted octanol–water partition coefficient (Wildman–Crippen LogP) is 2.21. The van der Waals surface area contributed by atoms with Gasteiger partial charge in [0.1, 0.15) is 4.90 Å². The van der Waals surface area contributed by atoms with Crippen molar-refractivity contribution >= 4 is 10.0 Å². The molecule has 0 aliphatic heterocycles. The molecule has 0 fully saturated rings. The average Bonchev–Trinajstić information content (AvgIpc) is 2.81. The molecule has 0 saturated heterocycles. The Morgan fingerprint density at radius 1 is 1.40 bits per heavy atom. The van der Waals surface area contributed by atoms with Crippen molar-refractivity contribution in [1.29, 1.82) is 0 Å². The summed E-state index contributed by atoms with van der Waals surface area (Å²) < 4.78 is 28.5. The van der Waals surface area contributed by atoms with Crippen LogP contribution >= 0.6 is 0 Å². The predicted molar refractivity (Wildman–Crippen MR) is 82.3 cm³/mol. The molecule has 0 saturated carbocycles. The highest BCUT2D eigenvalue weighted by Crippen LogP contribution is 2.21. The standard InChI is InChI=1S/C14H27N3O2S/c1-6-7-8-16(5)20(18,19)14-9-13(10-15-4)17(11-14)12(2)3/h9,11-12,15H,6-8,10H2,1-5H3. The number of rotatable bonds is 8. The first-order valence-electron chi connectivity index (χ1n) is 7.16. The van der Waals surface area contributed by atoms with Crippen LogP contribution in [0.15, 0.2) is 17.2 Å². The minimum Gasteiger partial charge on any atom is -0.346 e. The molecule has 1 aromatic heterocycles. The van der Waals surface area contributed by atoms with Crippen molar-refractivity contribution in [3.63, 3.8) is 0 Å².